The molecule has 0 saturated heterocycles. The number of nitrogens with one attached hydrogen (secondary N) is 2. The first-order valence-corrected chi connectivity index (χ1v) is 10.1. The van der Waals surface area contributed by atoms with Crippen LogP contribution in [0.25, 0.3) is 0 Å². The minimum atomic E-state index is -1.34. The number of likely N-dealkylation sites (N-methyl/N-ethyl adjacent to an activating group) is 1. The van der Waals surface area contributed by atoms with Crippen molar-refractivity contribution in [2.75, 3.05) is 7.05 Å². The maximum absolute atomic E-state index is 12.5. The van der Waals surface area contributed by atoms with Crippen molar-refractivity contribution < 1.29 is 55.3 Å². The number of nitrogens with zero attached hydrogens (tertiary/aromatic N) is 1. The van der Waals surface area contributed by atoms with Crippen molar-refractivity contribution in [3.63, 3.8) is 0 Å². The van der Waals surface area contributed by atoms with E-state index in [1.807, 2.05) is 43.3 Å². The number of amides is 3. The number of aryl methyl sites for hydroxylation is 1. The van der Waals surface area contributed by atoms with E-state index in [0.29, 0.717) is 12.0 Å². The predicted octanol–water partition coefficient (Wildman–Crippen LogP) is -0.559. The maximum atomic E-state index is 12.5. The van der Waals surface area contributed by atoms with E-state index in [9.17, 15) is 24.3 Å². The smallest absolute Gasteiger partial charge is 1.00 e. The van der Waals surface area contributed by atoms with Gasteiger partial charge < -0.3 is 22.1 Å². The number of aliphatic carboxylic acids is 1. The van der Waals surface area contributed by atoms with E-state index in [4.69, 9.17) is 0 Å². The molecule has 2 aromatic carbocycles. The van der Waals surface area contributed by atoms with Gasteiger partial charge in [-0.15, -0.1) is 0 Å². The van der Waals surface area contributed by atoms with Crippen LogP contribution in [0, 0.1) is 6.92 Å². The number of hydrogen-bond donors (Lipinski definition) is 3. The van der Waals surface area contributed by atoms with Crippen molar-refractivity contribution >= 4 is 23.7 Å². The second-order valence-corrected chi connectivity index (χ2v) is 7.78. The molecule has 2 atom stereocenters. The Bertz CT molecular complexity index is 1070. The number of rotatable bonds is 7. The van der Waals surface area contributed by atoms with Gasteiger partial charge in [0, 0.05) is 19.3 Å². The van der Waals surface area contributed by atoms with Crippen molar-refractivity contribution in [1.29, 1.82) is 0 Å². The van der Waals surface area contributed by atoms with Crippen molar-refractivity contribution in [2.24, 2.45) is 0 Å². The van der Waals surface area contributed by atoms with Gasteiger partial charge >= 0.3 is 41.6 Å². The molecule has 0 fully saturated rings. The molecule has 1 aliphatic rings. The molecule has 168 valence electrons. The maximum Gasteiger partial charge on any atom is 1.00 e. The number of carboxylic acids is 1. The molecule has 3 N–H and O–H groups in total. The van der Waals surface area contributed by atoms with Gasteiger partial charge in [0.1, 0.15) is 0 Å². The number of urea groups is 1. The average Bonchev–Trinajstić information content (AvgIpc) is 2.75. The second kappa shape index (κ2) is 11.8. The topological polar surface area (TPSA) is 116 Å². The molecular weight excluding hydrogens is 433 g/mol. The molecule has 9 heteroatoms. The van der Waals surface area contributed by atoms with Gasteiger partial charge in [0.15, 0.2) is 11.8 Å². The molecule has 1 aliphatic heterocycles. The first-order valence-electron chi connectivity index (χ1n) is 10.1. The Morgan fingerprint density at radius 2 is 1.82 bits per heavy atom. The molecule has 33 heavy (non-hydrogen) atoms. The standard InChI is InChI=1S/C24H25N3O5.Na.H/c1-15-6-8-16(9-7-15)12-17-4-3-5-18(13-17)19(14-21(29)30)25-24(32)26-22-20(28)10-11-27(2)23(22)31;;/h3-11,13,19,22H,12,14H2,1-2H3,(H,29,30)(H2,25,26,32);;/q;+1;-1/t19-,22?;;/m0../s1. The van der Waals surface area contributed by atoms with E-state index in [-0.39, 0.29) is 37.4 Å². The minimum absolute atomic E-state index is 0. The number of carbonyl (C=O) groups excluding carboxylic acids is 3. The van der Waals surface area contributed by atoms with E-state index < -0.39 is 35.8 Å². The van der Waals surface area contributed by atoms with E-state index >= 15 is 0 Å². The summed E-state index contributed by atoms with van der Waals surface area (Å²) in [4.78, 5) is 49.3. The van der Waals surface area contributed by atoms with Gasteiger partial charge in [0.2, 0.25) is 0 Å². The number of benzene rings is 2. The summed E-state index contributed by atoms with van der Waals surface area (Å²) < 4.78 is 0. The number of carboxylic acid groups (broad SMARTS) is 1. The summed E-state index contributed by atoms with van der Waals surface area (Å²) in [6.07, 6.45) is 2.83. The van der Waals surface area contributed by atoms with Crippen LogP contribution in [0.15, 0.2) is 60.8 Å². The van der Waals surface area contributed by atoms with Crippen LogP contribution in [0.2, 0.25) is 0 Å². The Balaban J connectivity index is 0.00000289. The molecule has 0 aromatic heterocycles. The van der Waals surface area contributed by atoms with Gasteiger partial charge in [-0.1, -0.05) is 54.1 Å². The molecule has 1 unspecified atom stereocenters. The molecule has 3 rings (SSSR count). The third-order valence-corrected chi connectivity index (χ3v) is 5.18. The zero-order chi connectivity index (χ0) is 23.3. The van der Waals surface area contributed by atoms with E-state index in [2.05, 4.69) is 10.6 Å². The summed E-state index contributed by atoms with van der Waals surface area (Å²) in [5, 5.41) is 14.3. The van der Waals surface area contributed by atoms with Crippen LogP contribution in [0.1, 0.15) is 36.1 Å². The van der Waals surface area contributed by atoms with E-state index in [1.54, 1.807) is 12.1 Å². The summed E-state index contributed by atoms with van der Waals surface area (Å²) in [5.41, 5.74) is 3.86. The molecule has 0 radical (unpaired) electrons. The van der Waals surface area contributed by atoms with Crippen LogP contribution < -0.4 is 40.2 Å². The van der Waals surface area contributed by atoms with E-state index in [0.717, 1.165) is 16.7 Å². The fraction of sp³-hybridized carbons (Fsp3) is 0.250. The van der Waals surface area contributed by atoms with Crippen molar-refractivity contribution in [3.05, 3.63) is 83.1 Å². The van der Waals surface area contributed by atoms with Crippen LogP contribution in [-0.4, -0.2) is 46.8 Å². The molecule has 2 aromatic rings. The molecule has 0 saturated carbocycles. The minimum Gasteiger partial charge on any atom is -1.00 e. The summed E-state index contributed by atoms with van der Waals surface area (Å²) in [5.74, 6) is -2.20. The summed E-state index contributed by atoms with van der Waals surface area (Å²) in [6.45, 7) is 2.01. The third-order valence-electron chi connectivity index (χ3n) is 5.18. The molecule has 0 aliphatic carbocycles. The molecule has 8 nitrogen and oxygen atoms in total. The van der Waals surface area contributed by atoms with Gasteiger partial charge in [-0.05, 0) is 30.0 Å². The monoisotopic (exact) mass is 459 g/mol. The van der Waals surface area contributed by atoms with Crippen LogP contribution in [0.4, 0.5) is 4.79 Å². The van der Waals surface area contributed by atoms with E-state index in [1.165, 1.54) is 24.2 Å². The number of hydrogen-bond acceptors (Lipinski definition) is 4. The molecule has 0 bridgehead atoms. The second-order valence-electron chi connectivity index (χ2n) is 7.78. The summed E-state index contributed by atoms with van der Waals surface area (Å²) >= 11 is 0. The molecule has 0 spiro atoms. The van der Waals surface area contributed by atoms with Crippen molar-refractivity contribution in [1.82, 2.24) is 15.5 Å². The quantitative estimate of drug-likeness (QED) is 0.379. The van der Waals surface area contributed by atoms with Crippen molar-refractivity contribution in [2.45, 2.75) is 31.8 Å². The molecular formula is C24H26N3NaO5. The summed E-state index contributed by atoms with van der Waals surface area (Å²) in [6, 6.07) is 12.5. The normalized spacial score (nSPS) is 16.1. The Hall–Kier alpha value is -2.94. The average molecular weight is 459 g/mol. The fourth-order valence-electron chi connectivity index (χ4n) is 3.43. The van der Waals surface area contributed by atoms with Crippen LogP contribution >= 0.6 is 0 Å². The van der Waals surface area contributed by atoms with Gasteiger partial charge in [-0.3, -0.25) is 14.4 Å². The molecule has 1 heterocycles. The van der Waals surface area contributed by atoms with Crippen LogP contribution in [0.5, 0.6) is 0 Å². The Labute approximate surface area is 215 Å². The van der Waals surface area contributed by atoms with Gasteiger partial charge in [-0.2, -0.15) is 0 Å². The summed E-state index contributed by atoms with van der Waals surface area (Å²) in [7, 11) is 1.48. The predicted molar refractivity (Wildman–Crippen MR) is 119 cm³/mol. The van der Waals surface area contributed by atoms with Gasteiger partial charge in [0.25, 0.3) is 5.91 Å². The first kappa shape index (κ1) is 26.3. The first-order chi connectivity index (χ1) is 15.2. The van der Waals surface area contributed by atoms with Gasteiger partial charge in [0.05, 0.1) is 12.5 Å². The Kier molecular flexibility index (Phi) is 9.40. The van der Waals surface area contributed by atoms with Crippen molar-refractivity contribution in [3.8, 4) is 0 Å². The zero-order valence-electron chi connectivity index (χ0n) is 19.9. The largest absolute Gasteiger partial charge is 1.00 e. The van der Waals surface area contributed by atoms with Gasteiger partial charge in [-0.25, -0.2) is 4.79 Å². The zero-order valence-corrected chi connectivity index (χ0v) is 20.9. The number of carbonyl (C=O) groups is 4. The fourth-order valence-corrected chi connectivity index (χ4v) is 3.43. The Morgan fingerprint density at radius 1 is 1.12 bits per heavy atom. The number of ketones is 1. The SMILES string of the molecule is Cc1ccc(Cc2cccc([C@H](CC(=O)O)NC(=O)NC3C(=O)C=CN(C)C3=O)c2)cc1.[H-].[Na+]. The molecule has 3 amide bonds. The Morgan fingerprint density at radius 3 is 2.48 bits per heavy atom. The van der Waals surface area contributed by atoms with Crippen LogP contribution in [-0.2, 0) is 20.8 Å². The third kappa shape index (κ3) is 7.28. The van der Waals surface area contributed by atoms with Crippen LogP contribution in [0.3, 0.4) is 0 Å².